The van der Waals surface area contributed by atoms with Crippen molar-refractivity contribution in [3.8, 4) is 0 Å². The maximum absolute atomic E-state index is 11.8. The number of hydrogen-bond acceptors (Lipinski definition) is 6. The number of nitrogens with zero attached hydrogens (tertiary/aromatic N) is 4. The summed E-state index contributed by atoms with van der Waals surface area (Å²) in [5.74, 6) is 0.243. The van der Waals surface area contributed by atoms with E-state index in [1.54, 1.807) is 14.1 Å². The van der Waals surface area contributed by atoms with Crippen LogP contribution in [0.2, 0.25) is 0 Å². The number of piperidine rings is 1. The average Bonchev–Trinajstić information content (AvgIpc) is 2.56. The SMILES string of the molecule is CN(C)S(=O)(=O)CCCN1CCC(N2CCN(CCO)CC2)CC1. The minimum atomic E-state index is -3.06. The largest absolute Gasteiger partial charge is 0.395 e. The van der Waals surface area contributed by atoms with Gasteiger partial charge in [-0.15, -0.1) is 0 Å². The molecule has 24 heavy (non-hydrogen) atoms. The Labute approximate surface area is 147 Å². The van der Waals surface area contributed by atoms with E-state index in [0.717, 1.165) is 52.4 Å². The Bertz CT molecular complexity index is 456. The van der Waals surface area contributed by atoms with Gasteiger partial charge >= 0.3 is 0 Å². The molecule has 7 nitrogen and oxygen atoms in total. The van der Waals surface area contributed by atoms with Gasteiger partial charge in [0.15, 0.2) is 0 Å². The molecule has 2 aliphatic heterocycles. The van der Waals surface area contributed by atoms with Gasteiger partial charge in [0.05, 0.1) is 12.4 Å². The summed E-state index contributed by atoms with van der Waals surface area (Å²) in [6, 6.07) is 0.669. The highest BCUT2D eigenvalue weighted by Crippen LogP contribution is 2.18. The molecule has 0 aromatic heterocycles. The van der Waals surface area contributed by atoms with Crippen LogP contribution in [-0.2, 0) is 10.0 Å². The molecule has 0 radical (unpaired) electrons. The highest BCUT2D eigenvalue weighted by molar-refractivity contribution is 7.89. The van der Waals surface area contributed by atoms with E-state index < -0.39 is 10.0 Å². The topological polar surface area (TPSA) is 67.3 Å². The third kappa shape index (κ3) is 5.93. The Morgan fingerprint density at radius 2 is 1.54 bits per heavy atom. The van der Waals surface area contributed by atoms with Gasteiger partial charge in [-0.05, 0) is 38.9 Å². The lowest BCUT2D eigenvalue weighted by molar-refractivity contribution is 0.0532. The zero-order valence-corrected chi connectivity index (χ0v) is 16.0. The van der Waals surface area contributed by atoms with Crippen molar-refractivity contribution < 1.29 is 13.5 Å². The van der Waals surface area contributed by atoms with E-state index in [4.69, 9.17) is 5.11 Å². The highest BCUT2D eigenvalue weighted by Gasteiger charge is 2.27. The quantitative estimate of drug-likeness (QED) is 0.619. The molecule has 2 fully saturated rings. The Morgan fingerprint density at radius 3 is 2.08 bits per heavy atom. The number of hydrogen-bond donors (Lipinski definition) is 1. The third-order valence-corrected chi connectivity index (χ3v) is 7.25. The maximum atomic E-state index is 11.8. The van der Waals surface area contributed by atoms with E-state index in [0.29, 0.717) is 12.5 Å². The van der Waals surface area contributed by atoms with Crippen molar-refractivity contribution in [1.82, 2.24) is 19.0 Å². The standard InChI is InChI=1S/C16H34N4O3S/c1-17(2)24(22,23)15-3-6-18-7-4-16(5-8-18)20-11-9-19(10-12-20)13-14-21/h16,21H,3-15H2,1-2H3. The van der Waals surface area contributed by atoms with E-state index in [-0.39, 0.29) is 12.4 Å². The minimum absolute atomic E-state index is 0.243. The summed E-state index contributed by atoms with van der Waals surface area (Å²) < 4.78 is 24.9. The van der Waals surface area contributed by atoms with Crippen molar-refractivity contribution in [3.05, 3.63) is 0 Å². The van der Waals surface area contributed by atoms with Crippen molar-refractivity contribution >= 4 is 10.0 Å². The second-order valence-corrected chi connectivity index (χ2v) is 9.43. The lowest BCUT2D eigenvalue weighted by atomic mass is 10.0. The second-order valence-electron chi connectivity index (χ2n) is 7.13. The first-order valence-electron chi connectivity index (χ1n) is 9.12. The predicted molar refractivity (Wildman–Crippen MR) is 96.7 cm³/mol. The van der Waals surface area contributed by atoms with Gasteiger partial charge in [-0.3, -0.25) is 9.80 Å². The fourth-order valence-electron chi connectivity index (χ4n) is 3.65. The van der Waals surface area contributed by atoms with E-state index >= 15 is 0 Å². The van der Waals surface area contributed by atoms with Crippen LogP contribution in [0, 0.1) is 0 Å². The minimum Gasteiger partial charge on any atom is -0.395 e. The molecule has 0 bridgehead atoms. The first-order chi connectivity index (χ1) is 11.4. The molecule has 0 aromatic carbocycles. The lowest BCUT2D eigenvalue weighted by Gasteiger charge is -2.42. The van der Waals surface area contributed by atoms with E-state index in [2.05, 4.69) is 14.7 Å². The fourth-order valence-corrected chi connectivity index (χ4v) is 4.51. The van der Waals surface area contributed by atoms with Crippen LogP contribution in [0.1, 0.15) is 19.3 Å². The van der Waals surface area contributed by atoms with Gasteiger partial charge in [-0.25, -0.2) is 12.7 Å². The molecular formula is C16H34N4O3S. The summed E-state index contributed by atoms with van der Waals surface area (Å²) in [5.41, 5.74) is 0. The Hall–Kier alpha value is -0.250. The van der Waals surface area contributed by atoms with Gasteiger partial charge in [-0.1, -0.05) is 0 Å². The van der Waals surface area contributed by atoms with E-state index in [1.165, 1.54) is 17.1 Å². The van der Waals surface area contributed by atoms with Crippen molar-refractivity contribution in [3.63, 3.8) is 0 Å². The van der Waals surface area contributed by atoms with Gasteiger partial charge in [0.2, 0.25) is 10.0 Å². The number of aliphatic hydroxyl groups excluding tert-OH is 1. The lowest BCUT2D eigenvalue weighted by Crippen LogP contribution is -2.53. The van der Waals surface area contributed by atoms with Crippen molar-refractivity contribution in [2.24, 2.45) is 0 Å². The van der Waals surface area contributed by atoms with Crippen molar-refractivity contribution in [2.75, 3.05) is 78.8 Å². The van der Waals surface area contributed by atoms with Crippen LogP contribution in [0.15, 0.2) is 0 Å². The summed E-state index contributed by atoms with van der Waals surface area (Å²) >= 11 is 0. The number of sulfonamides is 1. The van der Waals surface area contributed by atoms with Crippen molar-refractivity contribution in [1.29, 1.82) is 0 Å². The molecule has 0 amide bonds. The van der Waals surface area contributed by atoms with Gasteiger partial charge in [0, 0.05) is 52.9 Å². The number of rotatable bonds is 8. The summed E-state index contributed by atoms with van der Waals surface area (Å²) in [4.78, 5) is 7.34. The molecule has 2 rings (SSSR count). The molecule has 2 aliphatic rings. The highest BCUT2D eigenvalue weighted by atomic mass is 32.2. The van der Waals surface area contributed by atoms with Crippen LogP contribution in [0.3, 0.4) is 0 Å². The molecule has 2 heterocycles. The first-order valence-corrected chi connectivity index (χ1v) is 10.7. The normalized spacial score (nSPS) is 23.2. The molecule has 142 valence electrons. The Morgan fingerprint density at radius 1 is 0.958 bits per heavy atom. The monoisotopic (exact) mass is 362 g/mol. The predicted octanol–water partition coefficient (Wildman–Crippen LogP) is -0.658. The second kappa shape index (κ2) is 9.45. The van der Waals surface area contributed by atoms with Gasteiger partial charge in [0.25, 0.3) is 0 Å². The van der Waals surface area contributed by atoms with Crippen LogP contribution in [-0.4, -0.2) is 117 Å². The average molecular weight is 363 g/mol. The summed E-state index contributed by atoms with van der Waals surface area (Å²) in [5, 5.41) is 9.01. The van der Waals surface area contributed by atoms with Crippen LogP contribution in [0.5, 0.6) is 0 Å². The zero-order valence-electron chi connectivity index (χ0n) is 15.2. The number of β-amino-alcohol motifs (C(OH)–C–C–N with tert-alkyl or cyclic N) is 1. The van der Waals surface area contributed by atoms with Gasteiger partial charge in [-0.2, -0.15) is 0 Å². The Kier molecular flexibility index (Phi) is 7.90. The van der Waals surface area contributed by atoms with Crippen LogP contribution in [0.4, 0.5) is 0 Å². The zero-order chi connectivity index (χ0) is 17.6. The molecule has 2 saturated heterocycles. The molecule has 0 saturated carbocycles. The molecule has 1 N–H and O–H groups in total. The van der Waals surface area contributed by atoms with Crippen LogP contribution >= 0.6 is 0 Å². The number of aliphatic hydroxyl groups is 1. The first kappa shape index (κ1) is 20.1. The number of likely N-dealkylation sites (tertiary alicyclic amines) is 1. The maximum Gasteiger partial charge on any atom is 0.213 e. The van der Waals surface area contributed by atoms with Crippen molar-refractivity contribution in [2.45, 2.75) is 25.3 Å². The van der Waals surface area contributed by atoms with Gasteiger partial charge in [0.1, 0.15) is 0 Å². The molecule has 8 heteroatoms. The smallest absolute Gasteiger partial charge is 0.213 e. The van der Waals surface area contributed by atoms with Crippen LogP contribution < -0.4 is 0 Å². The van der Waals surface area contributed by atoms with E-state index in [9.17, 15) is 8.42 Å². The molecule has 0 aliphatic carbocycles. The number of piperazine rings is 1. The van der Waals surface area contributed by atoms with Crippen LogP contribution in [0.25, 0.3) is 0 Å². The molecule has 0 aromatic rings. The summed E-state index contributed by atoms with van der Waals surface area (Å²) in [7, 11) is 0.136. The summed E-state index contributed by atoms with van der Waals surface area (Å²) in [6.07, 6.45) is 3.08. The summed E-state index contributed by atoms with van der Waals surface area (Å²) in [6.45, 7) is 8.39. The van der Waals surface area contributed by atoms with Gasteiger partial charge < -0.3 is 10.0 Å². The molecule has 0 atom stereocenters. The fraction of sp³-hybridized carbons (Fsp3) is 1.00. The Balaban J connectivity index is 1.63. The van der Waals surface area contributed by atoms with E-state index in [1.807, 2.05) is 0 Å². The molecule has 0 unspecified atom stereocenters. The molecular weight excluding hydrogens is 328 g/mol. The third-order valence-electron chi connectivity index (χ3n) is 5.33. The molecule has 0 spiro atoms.